The summed E-state index contributed by atoms with van der Waals surface area (Å²) >= 11 is 0. The molecule has 0 heterocycles. The van der Waals surface area contributed by atoms with Gasteiger partial charge in [-0.15, -0.1) is 0 Å². The number of Topliss-reactive ketones (excluding diaryl/α,β-unsaturated/α-hetero) is 2. The van der Waals surface area contributed by atoms with Crippen LogP contribution in [0.5, 0.6) is 5.75 Å². The molecule has 10 nitrogen and oxygen atoms in total. The van der Waals surface area contributed by atoms with Crippen molar-refractivity contribution in [3.63, 3.8) is 0 Å². The number of ketones is 2. The van der Waals surface area contributed by atoms with Crippen LogP contribution in [0.1, 0.15) is 49.5 Å². The highest BCUT2D eigenvalue weighted by molar-refractivity contribution is 6.24. The van der Waals surface area contributed by atoms with Gasteiger partial charge in [0.1, 0.15) is 17.1 Å². The smallest absolute Gasteiger partial charge is 0.255 e. The van der Waals surface area contributed by atoms with Gasteiger partial charge in [0.2, 0.25) is 11.7 Å². The number of primary amides is 1. The highest BCUT2D eigenvalue weighted by Crippen LogP contribution is 2.51. The van der Waals surface area contributed by atoms with E-state index in [9.17, 15) is 39.6 Å². The van der Waals surface area contributed by atoms with Crippen LogP contribution in [0.2, 0.25) is 0 Å². The standard InChI is InChI=1S/C24H26N2O8/c1-23(2,3)22(33)26-12-5-4-9-6-10-7-11-8-13(27)16(21(25)32)20(31)24(11,34)19(30)15(10)18(29)14(9)17(12)28/h4-5,10-11,27-28,30,34H,6-8H2,1-3H3,(H2,25,32)(H,26,33)/t10-,11-,24-/m0/s1. The molecule has 1 aromatic rings. The van der Waals surface area contributed by atoms with E-state index in [1.165, 1.54) is 6.07 Å². The Kier molecular flexibility index (Phi) is 5.13. The second-order valence-corrected chi connectivity index (χ2v) is 10.1. The highest BCUT2D eigenvalue weighted by Gasteiger charge is 2.59. The van der Waals surface area contributed by atoms with Crippen molar-refractivity contribution in [2.45, 2.75) is 45.6 Å². The minimum absolute atomic E-state index is 0.00979. The zero-order valence-electron chi connectivity index (χ0n) is 18.9. The average Bonchev–Trinajstić information content (AvgIpc) is 2.71. The van der Waals surface area contributed by atoms with Gasteiger partial charge in [0, 0.05) is 23.3 Å². The van der Waals surface area contributed by atoms with Gasteiger partial charge in [0.25, 0.3) is 5.91 Å². The number of aliphatic hydroxyl groups excluding tert-OH is 2. The fourth-order valence-corrected chi connectivity index (χ4v) is 5.00. The molecule has 0 fully saturated rings. The van der Waals surface area contributed by atoms with Crippen LogP contribution >= 0.6 is 0 Å². The molecule has 0 aliphatic heterocycles. The van der Waals surface area contributed by atoms with Gasteiger partial charge in [-0.3, -0.25) is 19.2 Å². The summed E-state index contributed by atoms with van der Waals surface area (Å²) in [6, 6.07) is 3.07. The van der Waals surface area contributed by atoms with Gasteiger partial charge in [-0.2, -0.15) is 0 Å². The minimum Gasteiger partial charge on any atom is -0.511 e. The first-order valence-electron chi connectivity index (χ1n) is 10.8. The number of nitrogens with two attached hydrogens (primary N) is 1. The molecule has 0 radical (unpaired) electrons. The zero-order valence-corrected chi connectivity index (χ0v) is 18.9. The van der Waals surface area contributed by atoms with Crippen molar-refractivity contribution >= 4 is 29.1 Å². The number of carbonyl (C=O) groups is 4. The van der Waals surface area contributed by atoms with Gasteiger partial charge in [-0.05, 0) is 30.4 Å². The fourth-order valence-electron chi connectivity index (χ4n) is 5.00. The molecule has 10 heteroatoms. The molecule has 0 spiro atoms. The van der Waals surface area contributed by atoms with Crippen LogP contribution in [0.25, 0.3) is 0 Å². The molecule has 0 saturated carbocycles. The number of benzene rings is 1. The molecule has 2 amide bonds. The Morgan fingerprint density at radius 3 is 2.35 bits per heavy atom. The van der Waals surface area contributed by atoms with Crippen molar-refractivity contribution in [1.82, 2.24) is 0 Å². The Hall–Kier alpha value is -3.66. The highest BCUT2D eigenvalue weighted by atomic mass is 16.3. The number of anilines is 1. The van der Waals surface area contributed by atoms with E-state index in [1.54, 1.807) is 26.8 Å². The van der Waals surface area contributed by atoms with Crippen LogP contribution in [-0.2, 0) is 20.8 Å². The number of nitrogens with one attached hydrogen (secondary N) is 1. The first-order chi connectivity index (χ1) is 15.7. The number of carbonyl (C=O) groups excluding carboxylic acids is 4. The van der Waals surface area contributed by atoms with Gasteiger partial charge < -0.3 is 31.5 Å². The topological polar surface area (TPSA) is 187 Å². The second kappa shape index (κ2) is 7.42. The van der Waals surface area contributed by atoms with Crippen molar-refractivity contribution in [1.29, 1.82) is 0 Å². The lowest BCUT2D eigenvalue weighted by Gasteiger charge is -2.45. The van der Waals surface area contributed by atoms with E-state index in [4.69, 9.17) is 5.73 Å². The molecule has 0 saturated heterocycles. The number of phenolic OH excluding ortho intramolecular Hbond substituents is 1. The molecule has 0 unspecified atom stereocenters. The summed E-state index contributed by atoms with van der Waals surface area (Å²) in [4.78, 5) is 50.5. The number of phenols is 1. The molecule has 3 aliphatic rings. The quantitative estimate of drug-likeness (QED) is 0.277. The summed E-state index contributed by atoms with van der Waals surface area (Å²) in [6.45, 7) is 5.05. The molecule has 3 aliphatic carbocycles. The van der Waals surface area contributed by atoms with E-state index in [1.807, 2.05) is 0 Å². The summed E-state index contributed by atoms with van der Waals surface area (Å²) in [5.74, 6) is -7.27. The summed E-state index contributed by atoms with van der Waals surface area (Å²) < 4.78 is 0. The van der Waals surface area contributed by atoms with Crippen LogP contribution in [0.4, 0.5) is 5.69 Å². The molecule has 3 atom stereocenters. The molecule has 1 aromatic carbocycles. The molecule has 0 bridgehead atoms. The SMILES string of the molecule is CC(C)(C)C(=O)Nc1ccc2c(c1O)C(=O)C1=C(O)[C@]3(O)C(=O)C(C(N)=O)=C(O)C[C@@H]3C[C@@H]1C2. The van der Waals surface area contributed by atoms with Gasteiger partial charge in [0.15, 0.2) is 17.1 Å². The molecule has 0 aromatic heterocycles. The largest absolute Gasteiger partial charge is 0.511 e. The predicted molar refractivity (Wildman–Crippen MR) is 119 cm³/mol. The van der Waals surface area contributed by atoms with E-state index in [0.29, 0.717) is 5.56 Å². The molecule has 34 heavy (non-hydrogen) atoms. The summed E-state index contributed by atoms with van der Waals surface area (Å²) in [5, 5.41) is 45.8. The number of fused-ring (bicyclic) bond motifs is 3. The number of hydrogen-bond donors (Lipinski definition) is 6. The minimum atomic E-state index is -2.61. The Morgan fingerprint density at radius 1 is 1.12 bits per heavy atom. The molecule has 180 valence electrons. The third kappa shape index (κ3) is 3.20. The van der Waals surface area contributed by atoms with Crippen LogP contribution in [0.3, 0.4) is 0 Å². The monoisotopic (exact) mass is 470 g/mol. The normalized spacial score (nSPS) is 26.6. The fraction of sp³-hybridized carbons (Fsp3) is 0.417. The summed E-state index contributed by atoms with van der Waals surface area (Å²) in [7, 11) is 0. The molecular formula is C24H26N2O8. The van der Waals surface area contributed by atoms with Crippen LogP contribution in [0, 0.1) is 17.3 Å². The van der Waals surface area contributed by atoms with E-state index < -0.39 is 63.2 Å². The third-order valence-corrected chi connectivity index (χ3v) is 6.86. The average molecular weight is 470 g/mol. The number of hydrogen-bond acceptors (Lipinski definition) is 8. The van der Waals surface area contributed by atoms with Crippen molar-refractivity contribution in [2.75, 3.05) is 5.32 Å². The number of allylic oxidation sites excluding steroid dienone is 2. The van der Waals surface area contributed by atoms with Crippen molar-refractivity contribution in [3.05, 3.63) is 45.9 Å². The maximum absolute atomic E-state index is 13.5. The molecular weight excluding hydrogens is 444 g/mol. The van der Waals surface area contributed by atoms with Crippen molar-refractivity contribution in [2.24, 2.45) is 23.0 Å². The molecule has 7 N–H and O–H groups in total. The van der Waals surface area contributed by atoms with Crippen LogP contribution in [-0.4, -0.2) is 49.4 Å². The van der Waals surface area contributed by atoms with Gasteiger partial charge in [-0.25, -0.2) is 0 Å². The lowest BCUT2D eigenvalue weighted by atomic mass is 9.60. The Balaban J connectivity index is 1.82. The Labute approximate surface area is 194 Å². The Bertz CT molecular complexity index is 1240. The molecule has 4 rings (SSSR count). The van der Waals surface area contributed by atoms with Crippen LogP contribution in [0.15, 0.2) is 34.8 Å². The van der Waals surface area contributed by atoms with E-state index in [-0.39, 0.29) is 42.0 Å². The van der Waals surface area contributed by atoms with E-state index in [0.717, 1.165) is 0 Å². The van der Waals surface area contributed by atoms with Gasteiger partial charge >= 0.3 is 0 Å². The first kappa shape index (κ1) is 23.5. The van der Waals surface area contributed by atoms with Crippen molar-refractivity contribution in [3.8, 4) is 5.75 Å². The van der Waals surface area contributed by atoms with E-state index >= 15 is 0 Å². The van der Waals surface area contributed by atoms with Gasteiger partial charge in [0.05, 0.1) is 11.3 Å². The number of amides is 2. The Morgan fingerprint density at radius 2 is 1.76 bits per heavy atom. The van der Waals surface area contributed by atoms with E-state index in [2.05, 4.69) is 5.32 Å². The summed E-state index contributed by atoms with van der Waals surface area (Å²) in [6.07, 6.45) is -0.0138. The van der Waals surface area contributed by atoms with Crippen molar-refractivity contribution < 1.29 is 39.6 Å². The number of aliphatic hydroxyl groups is 3. The maximum atomic E-state index is 13.5. The predicted octanol–water partition coefficient (Wildman–Crippen LogP) is 1.57. The second-order valence-electron chi connectivity index (χ2n) is 10.1. The number of rotatable bonds is 2. The third-order valence-electron chi connectivity index (χ3n) is 6.86. The zero-order chi connectivity index (χ0) is 25.3. The lowest BCUT2D eigenvalue weighted by Crippen LogP contribution is -2.57. The maximum Gasteiger partial charge on any atom is 0.255 e. The number of aromatic hydroxyl groups is 1. The van der Waals surface area contributed by atoms with Crippen LogP contribution < -0.4 is 11.1 Å². The first-order valence-corrected chi connectivity index (χ1v) is 10.8. The van der Waals surface area contributed by atoms with Gasteiger partial charge in [-0.1, -0.05) is 26.8 Å². The summed E-state index contributed by atoms with van der Waals surface area (Å²) in [5.41, 5.74) is 1.08. The lowest BCUT2D eigenvalue weighted by molar-refractivity contribution is -0.144.